The molecule has 0 aromatic heterocycles. The van der Waals surface area contributed by atoms with E-state index in [1.807, 2.05) is 25.1 Å². The summed E-state index contributed by atoms with van der Waals surface area (Å²) in [5, 5.41) is 16.4. The van der Waals surface area contributed by atoms with Crippen LogP contribution >= 0.6 is 0 Å². The maximum atomic E-state index is 9.61. The average Bonchev–Trinajstić information content (AvgIpc) is 2.56. The topological polar surface area (TPSA) is 65.9 Å². The summed E-state index contributed by atoms with van der Waals surface area (Å²) in [6, 6.07) is 8.41. The molecule has 0 unspecified atom stereocenters. The minimum Gasteiger partial charge on any atom is -0.494 e. The summed E-state index contributed by atoms with van der Waals surface area (Å²) in [6.45, 7) is 6.12. The van der Waals surface area contributed by atoms with Crippen LogP contribution in [0.3, 0.4) is 0 Å². The molecular formula is C18H29N3O2. The second-order valence-electron chi connectivity index (χ2n) is 5.89. The Labute approximate surface area is 139 Å². The Morgan fingerprint density at radius 3 is 2.65 bits per heavy atom. The van der Waals surface area contributed by atoms with Crippen LogP contribution in [0.4, 0.5) is 0 Å². The number of hydrogen-bond donors (Lipinski definition) is 3. The first-order valence-electron chi connectivity index (χ1n) is 8.66. The molecule has 1 saturated carbocycles. The number of aliphatic hydroxyl groups excluding tert-OH is 1. The number of rotatable bonds is 6. The molecule has 5 nitrogen and oxygen atoms in total. The van der Waals surface area contributed by atoms with Gasteiger partial charge in [0.05, 0.1) is 19.3 Å². The molecule has 23 heavy (non-hydrogen) atoms. The zero-order valence-corrected chi connectivity index (χ0v) is 14.2. The number of para-hydroxylation sites is 1. The zero-order chi connectivity index (χ0) is 16.5. The van der Waals surface area contributed by atoms with Gasteiger partial charge in [0.25, 0.3) is 0 Å². The van der Waals surface area contributed by atoms with Crippen molar-refractivity contribution >= 4 is 5.96 Å². The Kier molecular flexibility index (Phi) is 7.20. The lowest BCUT2D eigenvalue weighted by Crippen LogP contribution is -2.45. The van der Waals surface area contributed by atoms with Crippen molar-refractivity contribution in [3.05, 3.63) is 29.8 Å². The maximum Gasteiger partial charge on any atom is 0.191 e. The highest BCUT2D eigenvalue weighted by Gasteiger charge is 2.19. The van der Waals surface area contributed by atoms with E-state index in [0.29, 0.717) is 19.2 Å². The van der Waals surface area contributed by atoms with Gasteiger partial charge in [-0.15, -0.1) is 0 Å². The summed E-state index contributed by atoms with van der Waals surface area (Å²) < 4.78 is 5.65. The SMILES string of the molecule is CCNC(=NCc1ccccc1OCC)NC1CCC(O)CC1. The molecule has 1 fully saturated rings. The molecule has 1 aromatic carbocycles. The van der Waals surface area contributed by atoms with E-state index >= 15 is 0 Å². The number of guanidine groups is 1. The Morgan fingerprint density at radius 1 is 1.22 bits per heavy atom. The van der Waals surface area contributed by atoms with Crippen LogP contribution in [-0.4, -0.2) is 36.4 Å². The summed E-state index contributed by atoms with van der Waals surface area (Å²) in [6.07, 6.45) is 3.57. The highest BCUT2D eigenvalue weighted by atomic mass is 16.5. The van der Waals surface area contributed by atoms with Crippen molar-refractivity contribution in [3.8, 4) is 5.75 Å². The molecule has 0 saturated heterocycles. The monoisotopic (exact) mass is 319 g/mol. The van der Waals surface area contributed by atoms with Gasteiger partial charge in [-0.1, -0.05) is 18.2 Å². The van der Waals surface area contributed by atoms with Gasteiger partial charge in [0.1, 0.15) is 5.75 Å². The van der Waals surface area contributed by atoms with Crippen LogP contribution in [0.15, 0.2) is 29.3 Å². The van der Waals surface area contributed by atoms with E-state index in [9.17, 15) is 5.11 Å². The predicted octanol–water partition coefficient (Wildman–Crippen LogP) is 2.44. The van der Waals surface area contributed by atoms with Crippen molar-refractivity contribution in [2.24, 2.45) is 4.99 Å². The van der Waals surface area contributed by atoms with Crippen LogP contribution in [0.2, 0.25) is 0 Å². The third kappa shape index (κ3) is 5.75. The van der Waals surface area contributed by atoms with Gasteiger partial charge in [-0.05, 0) is 45.6 Å². The Morgan fingerprint density at radius 2 is 1.96 bits per heavy atom. The Hall–Kier alpha value is -1.75. The molecule has 0 atom stereocenters. The minimum atomic E-state index is -0.134. The molecule has 2 rings (SSSR count). The first-order valence-corrected chi connectivity index (χ1v) is 8.66. The standard InChI is InChI=1S/C18H29N3O2/c1-3-19-18(21-15-9-11-16(22)12-10-15)20-13-14-7-5-6-8-17(14)23-4-2/h5-8,15-16,22H,3-4,9-13H2,1-2H3,(H2,19,20,21). The largest absolute Gasteiger partial charge is 0.494 e. The highest BCUT2D eigenvalue weighted by Crippen LogP contribution is 2.20. The Balaban J connectivity index is 1.98. The summed E-state index contributed by atoms with van der Waals surface area (Å²) in [4.78, 5) is 4.69. The molecule has 0 aliphatic heterocycles. The van der Waals surface area contributed by atoms with E-state index in [2.05, 4.69) is 23.6 Å². The average molecular weight is 319 g/mol. The molecular weight excluding hydrogens is 290 g/mol. The normalized spacial score (nSPS) is 21.8. The molecule has 0 radical (unpaired) electrons. The molecule has 1 aliphatic carbocycles. The van der Waals surface area contributed by atoms with E-state index in [-0.39, 0.29) is 6.10 Å². The minimum absolute atomic E-state index is 0.134. The van der Waals surface area contributed by atoms with Gasteiger partial charge in [0, 0.05) is 18.2 Å². The fourth-order valence-corrected chi connectivity index (χ4v) is 2.83. The number of nitrogens with one attached hydrogen (secondary N) is 2. The fourth-order valence-electron chi connectivity index (χ4n) is 2.83. The second kappa shape index (κ2) is 9.40. The van der Waals surface area contributed by atoms with Crippen molar-refractivity contribution in [2.75, 3.05) is 13.2 Å². The summed E-state index contributed by atoms with van der Waals surface area (Å²) in [7, 11) is 0. The van der Waals surface area contributed by atoms with Crippen molar-refractivity contribution in [3.63, 3.8) is 0 Å². The fraction of sp³-hybridized carbons (Fsp3) is 0.611. The quantitative estimate of drug-likeness (QED) is 0.556. The molecule has 128 valence electrons. The van der Waals surface area contributed by atoms with Gasteiger partial charge in [-0.2, -0.15) is 0 Å². The molecule has 0 spiro atoms. The lowest BCUT2D eigenvalue weighted by molar-refractivity contribution is 0.120. The molecule has 0 heterocycles. The highest BCUT2D eigenvalue weighted by molar-refractivity contribution is 5.80. The first kappa shape index (κ1) is 17.6. The van der Waals surface area contributed by atoms with Gasteiger partial charge in [-0.3, -0.25) is 0 Å². The van der Waals surface area contributed by atoms with Gasteiger partial charge in [-0.25, -0.2) is 4.99 Å². The van der Waals surface area contributed by atoms with Crippen LogP contribution in [0.25, 0.3) is 0 Å². The number of benzene rings is 1. The summed E-state index contributed by atoms with van der Waals surface area (Å²) in [5.74, 6) is 1.73. The molecule has 5 heteroatoms. The van der Waals surface area contributed by atoms with Crippen molar-refractivity contribution in [2.45, 2.75) is 58.2 Å². The number of hydrogen-bond acceptors (Lipinski definition) is 3. The van der Waals surface area contributed by atoms with E-state index < -0.39 is 0 Å². The van der Waals surface area contributed by atoms with E-state index in [1.165, 1.54) is 0 Å². The van der Waals surface area contributed by atoms with Gasteiger partial charge < -0.3 is 20.5 Å². The summed E-state index contributed by atoms with van der Waals surface area (Å²) >= 11 is 0. The maximum absolute atomic E-state index is 9.61. The van der Waals surface area contributed by atoms with Crippen LogP contribution in [0, 0.1) is 0 Å². The van der Waals surface area contributed by atoms with Gasteiger partial charge in [0.15, 0.2) is 5.96 Å². The molecule has 1 aliphatic rings. The smallest absolute Gasteiger partial charge is 0.191 e. The summed E-state index contributed by atoms with van der Waals surface area (Å²) in [5.41, 5.74) is 1.09. The van der Waals surface area contributed by atoms with Crippen LogP contribution in [0.1, 0.15) is 45.1 Å². The second-order valence-corrected chi connectivity index (χ2v) is 5.89. The van der Waals surface area contributed by atoms with Gasteiger partial charge in [0.2, 0.25) is 0 Å². The lowest BCUT2D eigenvalue weighted by Gasteiger charge is -2.27. The van der Waals surface area contributed by atoms with Crippen molar-refractivity contribution in [1.29, 1.82) is 0 Å². The zero-order valence-electron chi connectivity index (χ0n) is 14.2. The Bertz CT molecular complexity index is 497. The predicted molar refractivity (Wildman–Crippen MR) is 93.8 cm³/mol. The van der Waals surface area contributed by atoms with Crippen molar-refractivity contribution < 1.29 is 9.84 Å². The van der Waals surface area contributed by atoms with Crippen LogP contribution in [-0.2, 0) is 6.54 Å². The van der Waals surface area contributed by atoms with E-state index in [0.717, 1.165) is 49.5 Å². The number of ether oxygens (including phenoxy) is 1. The molecule has 3 N–H and O–H groups in total. The third-order valence-electron chi connectivity index (χ3n) is 4.06. The molecule has 1 aromatic rings. The molecule has 0 amide bonds. The molecule has 0 bridgehead atoms. The number of aliphatic imine (C=N–C) groups is 1. The van der Waals surface area contributed by atoms with Crippen LogP contribution < -0.4 is 15.4 Å². The van der Waals surface area contributed by atoms with Crippen LogP contribution in [0.5, 0.6) is 5.75 Å². The number of nitrogens with zero attached hydrogens (tertiary/aromatic N) is 1. The van der Waals surface area contributed by atoms with Crippen molar-refractivity contribution in [1.82, 2.24) is 10.6 Å². The number of aliphatic hydroxyl groups is 1. The van der Waals surface area contributed by atoms with E-state index in [1.54, 1.807) is 0 Å². The first-order chi connectivity index (χ1) is 11.2. The van der Waals surface area contributed by atoms with Gasteiger partial charge >= 0.3 is 0 Å². The third-order valence-corrected chi connectivity index (χ3v) is 4.06. The lowest BCUT2D eigenvalue weighted by atomic mass is 9.93. The van der Waals surface area contributed by atoms with E-state index in [4.69, 9.17) is 9.73 Å².